The number of hydrogen-bond acceptors (Lipinski definition) is 4. The number of carbonyl (C=O) groups is 2. The van der Waals surface area contributed by atoms with Crippen molar-refractivity contribution in [1.82, 2.24) is 0 Å². The highest BCUT2D eigenvalue weighted by Gasteiger charge is 2.17. The summed E-state index contributed by atoms with van der Waals surface area (Å²) in [5, 5.41) is 0. The van der Waals surface area contributed by atoms with Gasteiger partial charge in [-0.15, -0.1) is 0 Å². The highest BCUT2D eigenvalue weighted by molar-refractivity contribution is 5.89. The molecule has 0 saturated carbocycles. The van der Waals surface area contributed by atoms with Crippen molar-refractivity contribution in [3.8, 4) is 5.75 Å². The van der Waals surface area contributed by atoms with Gasteiger partial charge in [0.1, 0.15) is 18.0 Å². The van der Waals surface area contributed by atoms with Crippen molar-refractivity contribution in [1.29, 1.82) is 0 Å². The van der Waals surface area contributed by atoms with Gasteiger partial charge < -0.3 is 9.47 Å². The summed E-state index contributed by atoms with van der Waals surface area (Å²) in [5.74, 6) is 0.198. The van der Waals surface area contributed by atoms with E-state index in [0.717, 1.165) is 17.4 Å². The summed E-state index contributed by atoms with van der Waals surface area (Å²) in [6, 6.07) is 12.5. The lowest BCUT2D eigenvalue weighted by Crippen LogP contribution is -2.23. The first-order valence-corrected chi connectivity index (χ1v) is 7.79. The molecule has 2 rings (SSSR count). The van der Waals surface area contributed by atoms with Crippen LogP contribution in [0.1, 0.15) is 52.6 Å². The average molecular weight is 326 g/mol. The molecule has 0 aromatic heterocycles. The van der Waals surface area contributed by atoms with E-state index in [0.29, 0.717) is 23.5 Å². The maximum Gasteiger partial charge on any atom is 0.338 e. The van der Waals surface area contributed by atoms with Gasteiger partial charge in [0.2, 0.25) is 0 Å². The van der Waals surface area contributed by atoms with Crippen LogP contribution in [0.15, 0.2) is 42.5 Å². The van der Waals surface area contributed by atoms with E-state index in [9.17, 15) is 9.59 Å². The molecule has 0 spiro atoms. The van der Waals surface area contributed by atoms with Gasteiger partial charge in [0, 0.05) is 0 Å². The van der Waals surface area contributed by atoms with Crippen molar-refractivity contribution in [2.75, 3.05) is 0 Å². The van der Waals surface area contributed by atoms with Crippen LogP contribution in [-0.2, 0) is 11.3 Å². The Morgan fingerprint density at radius 3 is 2.33 bits per heavy atom. The minimum Gasteiger partial charge on any atom is -0.488 e. The summed E-state index contributed by atoms with van der Waals surface area (Å²) in [4.78, 5) is 23.1. The fourth-order valence-electron chi connectivity index (χ4n) is 2.13. The van der Waals surface area contributed by atoms with Crippen molar-refractivity contribution in [2.45, 2.75) is 39.9 Å². The van der Waals surface area contributed by atoms with Gasteiger partial charge in [0.05, 0.1) is 11.1 Å². The van der Waals surface area contributed by atoms with Crippen molar-refractivity contribution < 1.29 is 19.1 Å². The van der Waals surface area contributed by atoms with E-state index < -0.39 is 5.60 Å². The van der Waals surface area contributed by atoms with Crippen LogP contribution in [-0.4, -0.2) is 17.9 Å². The van der Waals surface area contributed by atoms with Gasteiger partial charge in [-0.25, -0.2) is 4.79 Å². The van der Waals surface area contributed by atoms with E-state index in [2.05, 4.69) is 0 Å². The van der Waals surface area contributed by atoms with Crippen LogP contribution in [0, 0.1) is 6.92 Å². The Morgan fingerprint density at radius 2 is 1.75 bits per heavy atom. The normalized spacial score (nSPS) is 11.0. The van der Waals surface area contributed by atoms with E-state index in [-0.39, 0.29) is 5.97 Å². The van der Waals surface area contributed by atoms with E-state index in [1.165, 1.54) is 0 Å². The number of carbonyl (C=O) groups excluding carboxylic acids is 2. The zero-order valence-electron chi connectivity index (χ0n) is 14.5. The highest BCUT2D eigenvalue weighted by Crippen LogP contribution is 2.20. The number of ether oxygens (including phenoxy) is 2. The van der Waals surface area contributed by atoms with Crippen molar-refractivity contribution in [2.24, 2.45) is 0 Å². The molecule has 0 aliphatic heterocycles. The quantitative estimate of drug-likeness (QED) is 0.606. The minimum atomic E-state index is -0.518. The Hall–Kier alpha value is -2.62. The molecule has 24 heavy (non-hydrogen) atoms. The predicted octanol–water partition coefficient (Wildman–Crippen LogP) is 4.34. The summed E-state index contributed by atoms with van der Waals surface area (Å²) in [5.41, 5.74) is 2.42. The maximum absolute atomic E-state index is 12.0. The van der Waals surface area contributed by atoms with E-state index in [4.69, 9.17) is 9.47 Å². The molecule has 0 fully saturated rings. The predicted molar refractivity (Wildman–Crippen MR) is 92.5 cm³/mol. The molecule has 0 amide bonds. The van der Waals surface area contributed by atoms with Crippen LogP contribution in [0.2, 0.25) is 0 Å². The molecule has 0 radical (unpaired) electrons. The first kappa shape index (κ1) is 17.7. The first-order chi connectivity index (χ1) is 11.3. The molecule has 0 bridgehead atoms. The molecule has 0 aliphatic rings. The monoisotopic (exact) mass is 326 g/mol. The second kappa shape index (κ2) is 7.30. The van der Waals surface area contributed by atoms with Gasteiger partial charge >= 0.3 is 5.97 Å². The number of aryl methyl sites for hydroxylation is 1. The Morgan fingerprint density at radius 1 is 1.08 bits per heavy atom. The molecule has 0 saturated heterocycles. The van der Waals surface area contributed by atoms with Crippen molar-refractivity contribution >= 4 is 12.3 Å². The molecule has 0 N–H and O–H groups in total. The standard InChI is InChI=1S/C20H22O4/c1-14-5-10-18(17(11-14)12-21)23-13-15-6-8-16(9-7-15)19(22)24-20(2,3)4/h5-12H,13H2,1-4H3. The second-order valence-corrected chi connectivity index (χ2v) is 6.65. The molecule has 0 aliphatic carbocycles. The lowest BCUT2D eigenvalue weighted by molar-refractivity contribution is 0.00694. The highest BCUT2D eigenvalue weighted by atomic mass is 16.6. The van der Waals surface area contributed by atoms with E-state index >= 15 is 0 Å². The molecule has 2 aromatic carbocycles. The summed E-state index contributed by atoms with van der Waals surface area (Å²) < 4.78 is 11.0. The minimum absolute atomic E-state index is 0.318. The zero-order chi connectivity index (χ0) is 17.7. The Kier molecular flexibility index (Phi) is 5.39. The number of aldehydes is 1. The molecular weight excluding hydrogens is 304 g/mol. The van der Waals surface area contributed by atoms with Crippen LogP contribution in [0.5, 0.6) is 5.75 Å². The molecular formula is C20H22O4. The van der Waals surface area contributed by atoms with Crippen LogP contribution in [0.4, 0.5) is 0 Å². The maximum atomic E-state index is 12.0. The lowest BCUT2D eigenvalue weighted by Gasteiger charge is -2.19. The summed E-state index contributed by atoms with van der Waals surface area (Å²) in [6.07, 6.45) is 0.786. The molecule has 126 valence electrons. The zero-order valence-corrected chi connectivity index (χ0v) is 14.5. The van der Waals surface area contributed by atoms with Crippen LogP contribution in [0.25, 0.3) is 0 Å². The molecule has 0 atom stereocenters. The Bertz CT molecular complexity index is 724. The molecule has 4 nitrogen and oxygen atoms in total. The third-order valence-corrected chi connectivity index (χ3v) is 3.28. The van der Waals surface area contributed by atoms with Crippen LogP contribution >= 0.6 is 0 Å². The number of hydrogen-bond donors (Lipinski definition) is 0. The SMILES string of the molecule is Cc1ccc(OCc2ccc(C(=O)OC(C)(C)C)cc2)c(C=O)c1. The summed E-state index contributed by atoms with van der Waals surface area (Å²) in [7, 11) is 0. The van der Waals surface area contributed by atoms with Gasteiger partial charge in [-0.05, 0) is 57.5 Å². The van der Waals surface area contributed by atoms with Crippen LogP contribution in [0.3, 0.4) is 0 Å². The van der Waals surface area contributed by atoms with Gasteiger partial charge in [0.25, 0.3) is 0 Å². The number of rotatable bonds is 5. The Balaban J connectivity index is 2.02. The van der Waals surface area contributed by atoms with Crippen molar-refractivity contribution in [3.05, 3.63) is 64.7 Å². The first-order valence-electron chi connectivity index (χ1n) is 7.79. The third-order valence-electron chi connectivity index (χ3n) is 3.28. The van der Waals surface area contributed by atoms with Crippen LogP contribution < -0.4 is 4.74 Å². The molecule has 2 aromatic rings. The van der Waals surface area contributed by atoms with Gasteiger partial charge in [-0.2, -0.15) is 0 Å². The van der Waals surface area contributed by atoms with Gasteiger partial charge in [0.15, 0.2) is 6.29 Å². The lowest BCUT2D eigenvalue weighted by atomic mass is 10.1. The fourth-order valence-corrected chi connectivity index (χ4v) is 2.13. The van der Waals surface area contributed by atoms with E-state index in [1.807, 2.05) is 45.9 Å². The summed E-state index contributed by atoms with van der Waals surface area (Å²) in [6.45, 7) is 7.74. The number of benzene rings is 2. The largest absolute Gasteiger partial charge is 0.488 e. The topological polar surface area (TPSA) is 52.6 Å². The second-order valence-electron chi connectivity index (χ2n) is 6.65. The Labute approximate surface area is 142 Å². The third kappa shape index (κ3) is 4.95. The van der Waals surface area contributed by atoms with E-state index in [1.54, 1.807) is 24.3 Å². The van der Waals surface area contributed by atoms with Gasteiger partial charge in [-0.1, -0.05) is 23.8 Å². The summed E-state index contributed by atoms with van der Waals surface area (Å²) >= 11 is 0. The molecule has 0 heterocycles. The van der Waals surface area contributed by atoms with Crippen molar-refractivity contribution in [3.63, 3.8) is 0 Å². The molecule has 4 heteroatoms. The molecule has 0 unspecified atom stereocenters. The van der Waals surface area contributed by atoms with Gasteiger partial charge in [-0.3, -0.25) is 4.79 Å². The average Bonchev–Trinajstić information content (AvgIpc) is 2.52. The number of esters is 1. The fraction of sp³-hybridized carbons (Fsp3) is 0.300. The smallest absolute Gasteiger partial charge is 0.338 e.